The van der Waals surface area contributed by atoms with E-state index in [0.29, 0.717) is 29.3 Å². The van der Waals surface area contributed by atoms with Crippen LogP contribution >= 0.6 is 0 Å². The summed E-state index contributed by atoms with van der Waals surface area (Å²) in [6.07, 6.45) is 0. The van der Waals surface area contributed by atoms with Gasteiger partial charge in [-0.3, -0.25) is 4.79 Å². The van der Waals surface area contributed by atoms with Gasteiger partial charge in [0.25, 0.3) is 5.91 Å². The van der Waals surface area contributed by atoms with E-state index in [-0.39, 0.29) is 5.91 Å². The van der Waals surface area contributed by atoms with Gasteiger partial charge in [0, 0.05) is 16.9 Å². The zero-order chi connectivity index (χ0) is 16.8. The number of ether oxygens (including phenoxy) is 1. The maximum absolute atomic E-state index is 12.3. The highest BCUT2D eigenvalue weighted by molar-refractivity contribution is 6.04. The minimum atomic E-state index is -0.190. The van der Waals surface area contributed by atoms with Crippen LogP contribution < -0.4 is 15.8 Å². The molecule has 0 bridgehead atoms. The summed E-state index contributed by atoms with van der Waals surface area (Å²) in [7, 11) is 0. The Labute approximate surface area is 140 Å². The molecule has 24 heavy (non-hydrogen) atoms. The smallest absolute Gasteiger partial charge is 0.255 e. The zero-order valence-electron chi connectivity index (χ0n) is 13.1. The number of hydrogen-bond acceptors (Lipinski definition) is 3. The van der Waals surface area contributed by atoms with Crippen LogP contribution in [0.5, 0.6) is 5.75 Å². The average molecular weight is 318 g/mol. The van der Waals surface area contributed by atoms with Crippen molar-refractivity contribution in [2.45, 2.75) is 6.61 Å². The molecule has 0 radical (unpaired) electrons. The second kappa shape index (κ2) is 7.33. The molecule has 3 aromatic rings. The van der Waals surface area contributed by atoms with Crippen molar-refractivity contribution < 1.29 is 9.53 Å². The number of anilines is 2. The normalized spacial score (nSPS) is 10.2. The molecule has 120 valence electrons. The number of hydrogen-bond donors (Lipinski definition) is 2. The summed E-state index contributed by atoms with van der Waals surface area (Å²) >= 11 is 0. The molecule has 0 saturated carbocycles. The predicted octanol–water partition coefficient (Wildman–Crippen LogP) is 4.10. The maximum atomic E-state index is 12.3. The first-order valence-corrected chi connectivity index (χ1v) is 7.64. The number of carbonyl (C=O) groups excluding carboxylic acids is 1. The first-order chi connectivity index (χ1) is 11.7. The van der Waals surface area contributed by atoms with Crippen molar-refractivity contribution in [1.29, 1.82) is 0 Å². The van der Waals surface area contributed by atoms with E-state index in [4.69, 9.17) is 10.5 Å². The maximum Gasteiger partial charge on any atom is 0.255 e. The highest BCUT2D eigenvalue weighted by atomic mass is 16.5. The molecule has 0 aliphatic rings. The highest BCUT2D eigenvalue weighted by Crippen LogP contribution is 2.17. The van der Waals surface area contributed by atoms with Gasteiger partial charge in [-0.15, -0.1) is 0 Å². The molecule has 0 aromatic heterocycles. The van der Waals surface area contributed by atoms with Gasteiger partial charge in [0.15, 0.2) is 0 Å². The van der Waals surface area contributed by atoms with Gasteiger partial charge >= 0.3 is 0 Å². The van der Waals surface area contributed by atoms with Gasteiger partial charge < -0.3 is 15.8 Å². The van der Waals surface area contributed by atoms with E-state index in [1.807, 2.05) is 36.4 Å². The zero-order valence-corrected chi connectivity index (χ0v) is 13.1. The van der Waals surface area contributed by atoms with Gasteiger partial charge in [0.05, 0.1) is 0 Å². The molecule has 3 rings (SSSR count). The molecule has 0 aliphatic heterocycles. The van der Waals surface area contributed by atoms with Crippen LogP contribution in [0.15, 0.2) is 78.9 Å². The van der Waals surface area contributed by atoms with Crippen molar-refractivity contribution in [2.24, 2.45) is 0 Å². The molecule has 0 heterocycles. The Bertz CT molecular complexity index is 815. The molecule has 0 unspecified atom stereocenters. The predicted molar refractivity (Wildman–Crippen MR) is 96.0 cm³/mol. The molecule has 1 amide bonds. The molecular weight excluding hydrogens is 300 g/mol. The van der Waals surface area contributed by atoms with Crippen LogP contribution in [0.25, 0.3) is 0 Å². The molecule has 0 fully saturated rings. The largest absolute Gasteiger partial charge is 0.489 e. The van der Waals surface area contributed by atoms with Gasteiger partial charge in [-0.2, -0.15) is 0 Å². The van der Waals surface area contributed by atoms with Crippen LogP contribution in [0.2, 0.25) is 0 Å². The van der Waals surface area contributed by atoms with E-state index in [2.05, 4.69) is 5.32 Å². The lowest BCUT2D eigenvalue weighted by Crippen LogP contribution is -2.12. The van der Waals surface area contributed by atoms with E-state index < -0.39 is 0 Å². The first kappa shape index (κ1) is 15.6. The molecule has 4 nitrogen and oxygen atoms in total. The Balaban J connectivity index is 1.65. The number of nitrogens with two attached hydrogens (primary N) is 1. The summed E-state index contributed by atoms with van der Waals surface area (Å²) in [6.45, 7) is 0.462. The third-order valence-corrected chi connectivity index (χ3v) is 3.51. The van der Waals surface area contributed by atoms with Crippen molar-refractivity contribution in [3.05, 3.63) is 90.0 Å². The highest BCUT2D eigenvalue weighted by Gasteiger charge is 2.07. The standard InChI is InChI=1S/C20H18N2O2/c21-17-9-11-18(12-10-17)22-20(23)16-7-4-8-19(13-16)24-14-15-5-2-1-3-6-15/h1-13H,14,21H2,(H,22,23). The Morgan fingerprint density at radius 3 is 2.42 bits per heavy atom. The molecule has 0 atom stereocenters. The molecule has 0 aliphatic carbocycles. The van der Waals surface area contributed by atoms with Crippen molar-refractivity contribution >= 4 is 17.3 Å². The monoisotopic (exact) mass is 318 g/mol. The van der Waals surface area contributed by atoms with Crippen LogP contribution in [0.1, 0.15) is 15.9 Å². The fraction of sp³-hybridized carbons (Fsp3) is 0.0500. The fourth-order valence-corrected chi connectivity index (χ4v) is 2.24. The molecular formula is C20H18N2O2. The Morgan fingerprint density at radius 1 is 0.917 bits per heavy atom. The summed E-state index contributed by atoms with van der Waals surface area (Å²) in [6, 6.07) is 24.0. The summed E-state index contributed by atoms with van der Waals surface area (Å²) in [4.78, 5) is 12.3. The van der Waals surface area contributed by atoms with Crippen LogP contribution in [0, 0.1) is 0 Å². The SMILES string of the molecule is Nc1ccc(NC(=O)c2cccc(OCc3ccccc3)c2)cc1. The second-order valence-corrected chi connectivity index (χ2v) is 5.38. The molecule has 0 saturated heterocycles. The van der Waals surface area contributed by atoms with E-state index in [0.717, 1.165) is 5.56 Å². The number of nitrogen functional groups attached to an aromatic ring is 1. The summed E-state index contributed by atoms with van der Waals surface area (Å²) in [5.41, 5.74) is 8.61. The summed E-state index contributed by atoms with van der Waals surface area (Å²) in [5, 5.41) is 2.84. The quantitative estimate of drug-likeness (QED) is 0.696. The summed E-state index contributed by atoms with van der Waals surface area (Å²) in [5.74, 6) is 0.466. The minimum Gasteiger partial charge on any atom is -0.489 e. The minimum absolute atomic E-state index is 0.190. The lowest BCUT2D eigenvalue weighted by Gasteiger charge is -2.09. The molecule has 4 heteroatoms. The van der Waals surface area contributed by atoms with Crippen LogP contribution in [0.3, 0.4) is 0 Å². The van der Waals surface area contributed by atoms with Crippen LogP contribution in [0.4, 0.5) is 11.4 Å². The Kier molecular flexibility index (Phi) is 4.77. The summed E-state index contributed by atoms with van der Waals surface area (Å²) < 4.78 is 5.75. The van der Waals surface area contributed by atoms with Gasteiger partial charge in [0.1, 0.15) is 12.4 Å². The van der Waals surface area contributed by atoms with Crippen LogP contribution in [-0.4, -0.2) is 5.91 Å². The van der Waals surface area contributed by atoms with E-state index >= 15 is 0 Å². The first-order valence-electron chi connectivity index (χ1n) is 7.64. The van der Waals surface area contributed by atoms with Crippen molar-refractivity contribution in [1.82, 2.24) is 0 Å². The molecule has 3 aromatic carbocycles. The average Bonchev–Trinajstić information content (AvgIpc) is 2.63. The molecule has 0 spiro atoms. The number of nitrogens with one attached hydrogen (secondary N) is 1. The Hall–Kier alpha value is -3.27. The Morgan fingerprint density at radius 2 is 1.67 bits per heavy atom. The van der Waals surface area contributed by atoms with Crippen molar-refractivity contribution in [3.8, 4) is 5.75 Å². The number of benzene rings is 3. The second-order valence-electron chi connectivity index (χ2n) is 5.38. The van der Waals surface area contributed by atoms with Gasteiger partial charge in [0.2, 0.25) is 0 Å². The lowest BCUT2D eigenvalue weighted by atomic mass is 10.2. The van der Waals surface area contributed by atoms with Crippen molar-refractivity contribution in [3.63, 3.8) is 0 Å². The lowest BCUT2D eigenvalue weighted by molar-refractivity contribution is 0.102. The van der Waals surface area contributed by atoms with Gasteiger partial charge in [-0.05, 0) is 48.0 Å². The van der Waals surface area contributed by atoms with Gasteiger partial charge in [-0.1, -0.05) is 36.4 Å². The van der Waals surface area contributed by atoms with E-state index in [9.17, 15) is 4.79 Å². The number of rotatable bonds is 5. The molecule has 3 N–H and O–H groups in total. The van der Waals surface area contributed by atoms with E-state index in [1.165, 1.54) is 0 Å². The van der Waals surface area contributed by atoms with E-state index in [1.54, 1.807) is 42.5 Å². The fourth-order valence-electron chi connectivity index (χ4n) is 2.24. The third-order valence-electron chi connectivity index (χ3n) is 3.51. The van der Waals surface area contributed by atoms with Crippen molar-refractivity contribution in [2.75, 3.05) is 11.1 Å². The number of amides is 1. The third kappa shape index (κ3) is 4.14. The van der Waals surface area contributed by atoms with Crippen LogP contribution in [-0.2, 0) is 6.61 Å². The topological polar surface area (TPSA) is 64.3 Å². The van der Waals surface area contributed by atoms with Gasteiger partial charge in [-0.25, -0.2) is 0 Å². The number of carbonyl (C=O) groups is 1.